The van der Waals surface area contributed by atoms with Crippen molar-refractivity contribution in [3.05, 3.63) is 147 Å². The van der Waals surface area contributed by atoms with E-state index < -0.39 is 0 Å². The van der Waals surface area contributed by atoms with Gasteiger partial charge in [-0.3, -0.25) is 0 Å². The minimum absolute atomic E-state index is 0.0333. The van der Waals surface area contributed by atoms with Gasteiger partial charge >= 0.3 is 0 Å². The van der Waals surface area contributed by atoms with Crippen LogP contribution in [0.2, 0.25) is 0 Å². The summed E-state index contributed by atoms with van der Waals surface area (Å²) in [4.78, 5) is 5.57. The van der Waals surface area contributed by atoms with Gasteiger partial charge in [0.05, 0.1) is 5.69 Å². The van der Waals surface area contributed by atoms with Gasteiger partial charge in [-0.2, -0.15) is 0 Å². The molecule has 0 amide bonds. The normalized spacial score (nSPS) is 21.3. The molecule has 3 heteroatoms. The Balaban J connectivity index is 1.25. The first-order valence-electron chi connectivity index (χ1n) is 28.8. The summed E-state index contributed by atoms with van der Waals surface area (Å²) in [6.07, 6.45) is 7.10. The Morgan fingerprint density at radius 2 is 0.811 bits per heavy atom. The van der Waals surface area contributed by atoms with Gasteiger partial charge in [0.15, 0.2) is 0 Å². The number of hydrogen-bond acceptors (Lipinski definition) is 2. The van der Waals surface area contributed by atoms with Crippen molar-refractivity contribution in [2.75, 3.05) is 9.80 Å². The zero-order valence-corrected chi connectivity index (χ0v) is 49.4. The summed E-state index contributed by atoms with van der Waals surface area (Å²) in [7, 11) is 0. The molecule has 0 saturated heterocycles. The second-order valence-electron chi connectivity index (χ2n) is 31.1. The zero-order valence-electron chi connectivity index (χ0n) is 49.4. The number of hydrogen-bond donors (Lipinski definition) is 0. The molecule has 2 heterocycles. The van der Waals surface area contributed by atoms with Gasteiger partial charge in [0, 0.05) is 39.4 Å². The lowest BCUT2D eigenvalue weighted by atomic mass is 9.32. The van der Waals surface area contributed by atoms with Crippen LogP contribution < -0.4 is 26.2 Å². The van der Waals surface area contributed by atoms with Crippen molar-refractivity contribution in [3.63, 3.8) is 0 Å². The van der Waals surface area contributed by atoms with Crippen molar-refractivity contribution in [3.8, 4) is 11.1 Å². The SMILES string of the molecule is CC(C)(C)c1cc2c3c(c1)N(c1cccc4c1-c1ccc(C(C)(C)C)cc1C4(C)C)c1cc4c(cc1B3c1cc3c(cc1N2c1ccc2c(c1)C(C)(C)CCC2(C)C)C(C)(C)CCC3(C)C)C(C)(C)CCC4(C)C. The Morgan fingerprint density at radius 3 is 1.31 bits per heavy atom. The van der Waals surface area contributed by atoms with Crippen LogP contribution in [0.3, 0.4) is 0 Å². The van der Waals surface area contributed by atoms with E-state index in [1.54, 1.807) is 0 Å². The molecule has 0 unspecified atom stereocenters. The van der Waals surface area contributed by atoms with E-state index in [4.69, 9.17) is 0 Å². The third-order valence-electron chi connectivity index (χ3n) is 20.8. The van der Waals surface area contributed by atoms with Crippen LogP contribution in [0.4, 0.5) is 34.1 Å². The quantitative estimate of drug-likeness (QED) is 0.159. The van der Waals surface area contributed by atoms with E-state index in [2.05, 4.69) is 239 Å². The highest BCUT2D eigenvalue weighted by Crippen LogP contribution is 2.59. The summed E-state index contributed by atoms with van der Waals surface area (Å²) in [5.74, 6) is 0. The Morgan fingerprint density at radius 1 is 0.365 bits per heavy atom. The van der Waals surface area contributed by atoms with Crippen molar-refractivity contribution < 1.29 is 0 Å². The van der Waals surface area contributed by atoms with Crippen molar-refractivity contribution >= 4 is 57.2 Å². The van der Waals surface area contributed by atoms with Crippen LogP contribution in [0.5, 0.6) is 0 Å². The molecule has 74 heavy (non-hydrogen) atoms. The molecule has 6 aliphatic rings. The average Bonchev–Trinajstić information content (AvgIpc) is 3.55. The number of fused-ring (bicyclic) bond motifs is 10. The van der Waals surface area contributed by atoms with Gasteiger partial charge in [-0.05, 0) is 202 Å². The van der Waals surface area contributed by atoms with E-state index in [0.29, 0.717) is 0 Å². The summed E-state index contributed by atoms with van der Waals surface area (Å²) < 4.78 is 0. The van der Waals surface area contributed by atoms with Crippen LogP contribution in [0.25, 0.3) is 11.1 Å². The van der Waals surface area contributed by atoms with Crippen LogP contribution in [0.15, 0.2) is 91.0 Å². The third-order valence-corrected chi connectivity index (χ3v) is 20.8. The second kappa shape index (κ2) is 15.1. The van der Waals surface area contributed by atoms with E-state index >= 15 is 0 Å². The molecule has 0 atom stereocenters. The molecule has 6 aromatic rings. The minimum Gasteiger partial charge on any atom is -0.311 e. The fraction of sp³-hybridized carbons (Fsp3) is 0.493. The monoisotopic (exact) mass is 979 g/mol. The average molecular weight is 979 g/mol. The molecule has 0 spiro atoms. The maximum absolute atomic E-state index is 2.80. The van der Waals surface area contributed by atoms with E-state index in [1.165, 1.54) is 156 Å². The molecule has 2 nitrogen and oxygen atoms in total. The summed E-state index contributed by atoms with van der Waals surface area (Å²) in [5.41, 5.74) is 29.9. The van der Waals surface area contributed by atoms with E-state index in [-0.39, 0.29) is 55.4 Å². The molecule has 0 radical (unpaired) electrons. The third kappa shape index (κ3) is 7.01. The topological polar surface area (TPSA) is 6.48 Å². The lowest BCUT2D eigenvalue weighted by Crippen LogP contribution is -2.62. The number of benzene rings is 6. The van der Waals surface area contributed by atoms with Crippen LogP contribution in [-0.4, -0.2) is 6.71 Å². The number of rotatable bonds is 2. The van der Waals surface area contributed by atoms with E-state index in [0.717, 1.165) is 0 Å². The highest BCUT2D eigenvalue weighted by Gasteiger charge is 2.50. The van der Waals surface area contributed by atoms with Gasteiger partial charge in [0.25, 0.3) is 6.71 Å². The molecule has 0 aromatic heterocycles. The van der Waals surface area contributed by atoms with Gasteiger partial charge < -0.3 is 9.80 Å². The minimum atomic E-state index is -0.165. The van der Waals surface area contributed by atoms with Crippen molar-refractivity contribution in [2.45, 2.75) is 226 Å². The lowest BCUT2D eigenvalue weighted by Gasteiger charge is -2.49. The highest BCUT2D eigenvalue weighted by atomic mass is 15.2. The Bertz CT molecular complexity index is 3410. The predicted molar refractivity (Wildman–Crippen MR) is 321 cm³/mol. The molecule has 0 fully saturated rings. The lowest BCUT2D eigenvalue weighted by molar-refractivity contribution is 0.332. The summed E-state index contributed by atoms with van der Waals surface area (Å²) >= 11 is 0. The van der Waals surface area contributed by atoms with Crippen LogP contribution in [0, 0.1) is 0 Å². The van der Waals surface area contributed by atoms with Crippen molar-refractivity contribution in [1.29, 1.82) is 0 Å². The number of nitrogens with zero attached hydrogens (tertiary/aromatic N) is 2. The molecular formula is C71H87BN2. The first kappa shape index (κ1) is 49.8. The van der Waals surface area contributed by atoms with E-state index in [9.17, 15) is 0 Å². The smallest absolute Gasteiger partial charge is 0.252 e. The van der Waals surface area contributed by atoms with Crippen molar-refractivity contribution in [1.82, 2.24) is 0 Å². The van der Waals surface area contributed by atoms with E-state index in [1.807, 2.05) is 0 Å². The molecule has 384 valence electrons. The van der Waals surface area contributed by atoms with Gasteiger partial charge in [-0.25, -0.2) is 0 Å². The van der Waals surface area contributed by atoms with Crippen LogP contribution >= 0.6 is 0 Å². The maximum atomic E-state index is 2.80. The van der Waals surface area contributed by atoms with Crippen molar-refractivity contribution in [2.24, 2.45) is 0 Å². The maximum Gasteiger partial charge on any atom is 0.252 e. The molecule has 12 rings (SSSR count). The second-order valence-corrected chi connectivity index (χ2v) is 31.1. The Labute approximate surface area is 448 Å². The summed E-state index contributed by atoms with van der Waals surface area (Å²) in [6, 6.07) is 38.6. The molecule has 0 bridgehead atoms. The predicted octanol–water partition coefficient (Wildman–Crippen LogP) is 17.7. The van der Waals surface area contributed by atoms with Gasteiger partial charge in [0.2, 0.25) is 0 Å². The number of anilines is 6. The largest absolute Gasteiger partial charge is 0.311 e. The standard InChI is InChI=1S/C71H87BN2/c1-63(2,3)42-24-26-45-48(34-42)71(19,20)47-22-21-23-56(61(45)47)74-58-41-53-51(68(13,14)31-33-70(53,17)18)39-55(58)72-54-38-50-52(69(15,16)32-30-67(50,11)12)40-57(54)73(59-35-43(64(4,5)6)36-60(74)62(59)72)44-25-27-46-49(37-44)66(9,10)29-28-65(46,7)8/h21-27,34-41H,28-33H2,1-20H3. The molecule has 6 aromatic carbocycles. The molecular weight excluding hydrogens is 892 g/mol. The zero-order chi connectivity index (χ0) is 53.2. The summed E-state index contributed by atoms with van der Waals surface area (Å²) in [6.45, 7) is 49.4. The first-order chi connectivity index (χ1) is 34.2. The molecule has 0 N–H and O–H groups in total. The summed E-state index contributed by atoms with van der Waals surface area (Å²) in [5, 5.41) is 0. The fourth-order valence-corrected chi connectivity index (χ4v) is 15.2. The molecule has 2 aliphatic heterocycles. The Hall–Kier alpha value is -5.02. The van der Waals surface area contributed by atoms with Gasteiger partial charge in [0.1, 0.15) is 0 Å². The fourth-order valence-electron chi connectivity index (χ4n) is 15.2. The van der Waals surface area contributed by atoms with Gasteiger partial charge in [-0.1, -0.05) is 187 Å². The highest BCUT2D eigenvalue weighted by molar-refractivity contribution is 7.00. The molecule has 4 aliphatic carbocycles. The molecule has 0 saturated carbocycles. The van der Waals surface area contributed by atoms with Gasteiger partial charge in [-0.15, -0.1) is 0 Å². The first-order valence-corrected chi connectivity index (χ1v) is 28.8. The van der Waals surface area contributed by atoms with Crippen LogP contribution in [0.1, 0.15) is 233 Å². The van der Waals surface area contributed by atoms with Crippen LogP contribution in [-0.2, 0) is 48.7 Å². The Kier molecular flexibility index (Phi) is 10.2.